The number of hydrogen-bond donors (Lipinski definition) is 2. The molecule has 1 aliphatic rings. The van der Waals surface area contributed by atoms with Crippen LogP contribution in [-0.2, 0) is 9.59 Å². The van der Waals surface area contributed by atoms with Gasteiger partial charge in [0.05, 0.1) is 0 Å². The number of hydroxylamine groups is 1. The first kappa shape index (κ1) is 18.1. The second kappa shape index (κ2) is 9.83. The van der Waals surface area contributed by atoms with Crippen molar-refractivity contribution in [2.45, 2.75) is 38.5 Å². The minimum absolute atomic E-state index is 0.0787. The van der Waals surface area contributed by atoms with Crippen LogP contribution < -0.4 is 5.48 Å². The third-order valence-corrected chi connectivity index (χ3v) is 4.61. The molecule has 2 N–H and O–H groups in total. The van der Waals surface area contributed by atoms with E-state index in [2.05, 4.69) is 0 Å². The lowest BCUT2D eigenvalue weighted by molar-refractivity contribution is -0.134. The monoisotopic (exact) mass is 327 g/mol. The van der Waals surface area contributed by atoms with Crippen molar-refractivity contribution < 1.29 is 14.8 Å². The molecule has 0 radical (unpaired) electrons. The van der Waals surface area contributed by atoms with Crippen LogP contribution in [0.25, 0.3) is 6.08 Å². The van der Waals surface area contributed by atoms with Gasteiger partial charge in [0.25, 0.3) is 0 Å². The highest BCUT2D eigenvalue weighted by Crippen LogP contribution is 2.31. The van der Waals surface area contributed by atoms with Gasteiger partial charge in [-0.25, -0.2) is 5.48 Å². The van der Waals surface area contributed by atoms with Gasteiger partial charge in [0, 0.05) is 12.3 Å². The molecule has 0 atom stereocenters. The summed E-state index contributed by atoms with van der Waals surface area (Å²) in [5.74, 6) is 0.288. The lowest BCUT2D eigenvalue weighted by Crippen LogP contribution is -2.31. The van der Waals surface area contributed by atoms with Crippen molar-refractivity contribution in [2.75, 3.05) is 0 Å². The zero-order chi connectivity index (χ0) is 17.2. The number of benzene rings is 1. The Labute approximate surface area is 143 Å². The number of allylic oxidation sites excluding steroid dienone is 3. The topological polar surface area (TPSA) is 66.4 Å². The molecule has 4 nitrogen and oxygen atoms in total. The maximum Gasteiger partial charge on any atom is 0.246 e. The Morgan fingerprint density at radius 3 is 2.46 bits per heavy atom. The minimum Gasteiger partial charge on any atom is -0.295 e. The zero-order valence-electron chi connectivity index (χ0n) is 13.9. The van der Waals surface area contributed by atoms with Gasteiger partial charge in [-0.1, -0.05) is 48.6 Å². The van der Waals surface area contributed by atoms with Crippen LogP contribution in [0.15, 0.2) is 48.6 Å². The van der Waals surface area contributed by atoms with E-state index in [1.54, 1.807) is 17.6 Å². The van der Waals surface area contributed by atoms with Gasteiger partial charge in [-0.15, -0.1) is 0 Å². The SMILES string of the molecule is O=C(/C=C/C=C/c1ccccc1)CCC1CCC(C(=O)NO)CC1. The Balaban J connectivity index is 1.66. The Morgan fingerprint density at radius 2 is 1.79 bits per heavy atom. The number of rotatable bonds is 7. The van der Waals surface area contributed by atoms with E-state index < -0.39 is 0 Å². The normalized spacial score (nSPS) is 21.2. The summed E-state index contributed by atoms with van der Waals surface area (Å²) in [6.45, 7) is 0. The van der Waals surface area contributed by atoms with Crippen molar-refractivity contribution in [1.82, 2.24) is 5.48 Å². The Kier molecular flexibility index (Phi) is 7.43. The van der Waals surface area contributed by atoms with Crippen LogP contribution in [0.2, 0.25) is 0 Å². The molecule has 1 saturated carbocycles. The number of ketones is 1. The first-order chi connectivity index (χ1) is 11.7. The van der Waals surface area contributed by atoms with Crippen molar-refractivity contribution in [2.24, 2.45) is 11.8 Å². The molecule has 24 heavy (non-hydrogen) atoms. The molecule has 0 aliphatic heterocycles. The van der Waals surface area contributed by atoms with Gasteiger partial charge in [0.15, 0.2) is 5.78 Å². The fourth-order valence-electron chi connectivity index (χ4n) is 3.13. The van der Waals surface area contributed by atoms with Gasteiger partial charge >= 0.3 is 0 Å². The van der Waals surface area contributed by atoms with Crippen LogP contribution in [0, 0.1) is 11.8 Å². The molecule has 0 bridgehead atoms. The lowest BCUT2D eigenvalue weighted by atomic mass is 9.79. The molecule has 4 heteroatoms. The molecular formula is C20H25NO3. The van der Waals surface area contributed by atoms with E-state index in [1.807, 2.05) is 42.5 Å². The van der Waals surface area contributed by atoms with Crippen molar-refractivity contribution in [1.29, 1.82) is 0 Å². The third-order valence-electron chi connectivity index (χ3n) is 4.61. The number of carbonyl (C=O) groups excluding carboxylic acids is 2. The maximum atomic E-state index is 11.9. The van der Waals surface area contributed by atoms with Gasteiger partial charge in [-0.2, -0.15) is 0 Å². The molecule has 0 unspecified atom stereocenters. The van der Waals surface area contributed by atoms with E-state index in [0.717, 1.165) is 37.7 Å². The van der Waals surface area contributed by atoms with E-state index in [1.165, 1.54) is 0 Å². The first-order valence-electron chi connectivity index (χ1n) is 8.55. The Morgan fingerprint density at radius 1 is 1.08 bits per heavy atom. The molecule has 0 heterocycles. The van der Waals surface area contributed by atoms with E-state index >= 15 is 0 Å². The highest BCUT2D eigenvalue weighted by Gasteiger charge is 2.25. The van der Waals surface area contributed by atoms with Crippen molar-refractivity contribution in [3.8, 4) is 0 Å². The van der Waals surface area contributed by atoms with Crippen LogP contribution in [-0.4, -0.2) is 16.9 Å². The molecule has 1 amide bonds. The van der Waals surface area contributed by atoms with Gasteiger partial charge < -0.3 is 0 Å². The van der Waals surface area contributed by atoms with Gasteiger partial charge in [-0.3, -0.25) is 14.8 Å². The molecule has 0 spiro atoms. The fraction of sp³-hybridized carbons (Fsp3) is 0.400. The fourth-order valence-corrected chi connectivity index (χ4v) is 3.13. The number of nitrogens with one attached hydrogen (secondary N) is 1. The minimum atomic E-state index is -0.280. The highest BCUT2D eigenvalue weighted by molar-refractivity contribution is 5.90. The summed E-state index contributed by atoms with van der Waals surface area (Å²) >= 11 is 0. The predicted octanol–water partition coefficient (Wildman–Crippen LogP) is 3.92. The van der Waals surface area contributed by atoms with Crippen LogP contribution in [0.5, 0.6) is 0 Å². The average molecular weight is 327 g/mol. The molecule has 1 fully saturated rings. The number of carbonyl (C=O) groups is 2. The van der Waals surface area contributed by atoms with Gasteiger partial charge in [0.1, 0.15) is 0 Å². The summed E-state index contributed by atoms with van der Waals surface area (Å²) in [4.78, 5) is 23.3. The molecule has 1 aliphatic carbocycles. The summed E-state index contributed by atoms with van der Waals surface area (Å²) < 4.78 is 0. The van der Waals surface area contributed by atoms with Crippen LogP contribution in [0.3, 0.4) is 0 Å². The van der Waals surface area contributed by atoms with E-state index in [-0.39, 0.29) is 17.6 Å². The van der Waals surface area contributed by atoms with E-state index in [9.17, 15) is 9.59 Å². The maximum absolute atomic E-state index is 11.9. The molecule has 2 rings (SSSR count). The van der Waals surface area contributed by atoms with E-state index in [4.69, 9.17) is 5.21 Å². The van der Waals surface area contributed by atoms with Crippen molar-refractivity contribution in [3.05, 3.63) is 54.1 Å². The lowest BCUT2D eigenvalue weighted by Gasteiger charge is -2.26. The molecule has 1 aromatic carbocycles. The summed E-state index contributed by atoms with van der Waals surface area (Å²) in [5.41, 5.74) is 2.84. The second-order valence-electron chi connectivity index (χ2n) is 6.33. The molecule has 1 aromatic rings. The molecular weight excluding hydrogens is 302 g/mol. The average Bonchev–Trinajstić information content (AvgIpc) is 2.64. The van der Waals surface area contributed by atoms with Gasteiger partial charge in [-0.05, 0) is 49.7 Å². The summed E-state index contributed by atoms with van der Waals surface area (Å²) in [7, 11) is 0. The quantitative estimate of drug-likeness (QED) is 0.345. The van der Waals surface area contributed by atoms with E-state index in [0.29, 0.717) is 12.3 Å². The molecule has 0 saturated heterocycles. The Bertz CT molecular complexity index is 584. The zero-order valence-corrected chi connectivity index (χ0v) is 13.9. The van der Waals surface area contributed by atoms with Crippen LogP contribution in [0.4, 0.5) is 0 Å². The van der Waals surface area contributed by atoms with Crippen molar-refractivity contribution >= 4 is 17.8 Å². The summed E-state index contributed by atoms with van der Waals surface area (Å²) in [6.07, 6.45) is 12.2. The van der Waals surface area contributed by atoms with Crippen LogP contribution >= 0.6 is 0 Å². The predicted molar refractivity (Wildman–Crippen MR) is 94.2 cm³/mol. The van der Waals surface area contributed by atoms with Crippen LogP contribution in [0.1, 0.15) is 44.1 Å². The molecule has 128 valence electrons. The van der Waals surface area contributed by atoms with Gasteiger partial charge in [0.2, 0.25) is 5.91 Å². The molecule has 0 aromatic heterocycles. The van der Waals surface area contributed by atoms with Crippen molar-refractivity contribution in [3.63, 3.8) is 0 Å². The number of amides is 1. The standard InChI is InChI=1S/C20H25NO3/c22-19(9-5-4-8-16-6-2-1-3-7-16)15-12-17-10-13-18(14-11-17)20(23)21-24/h1-9,17-18,24H,10-15H2,(H,21,23)/b8-4+,9-5+. The summed E-state index contributed by atoms with van der Waals surface area (Å²) in [6, 6.07) is 9.96. The second-order valence-corrected chi connectivity index (χ2v) is 6.33. The third kappa shape index (κ3) is 6.13. The largest absolute Gasteiger partial charge is 0.295 e. The first-order valence-corrected chi connectivity index (χ1v) is 8.55. The highest BCUT2D eigenvalue weighted by atomic mass is 16.5. The Hall–Kier alpha value is -2.20. The summed E-state index contributed by atoms with van der Waals surface area (Å²) in [5, 5.41) is 8.65. The smallest absolute Gasteiger partial charge is 0.246 e. The number of hydrogen-bond acceptors (Lipinski definition) is 3.